The molecule has 4 N–H and O–H groups in total. The van der Waals surface area contributed by atoms with Crippen LogP contribution in [0.25, 0.3) is 10.9 Å². The first-order valence-corrected chi connectivity index (χ1v) is 8.51. The smallest absolute Gasteiger partial charge is 0.323 e. The van der Waals surface area contributed by atoms with Crippen LogP contribution < -0.4 is 21.1 Å². The van der Waals surface area contributed by atoms with Gasteiger partial charge in [0.15, 0.2) is 0 Å². The molecule has 0 spiro atoms. The average molecular weight is 367 g/mol. The summed E-state index contributed by atoms with van der Waals surface area (Å²) < 4.78 is 7.38. The predicted molar refractivity (Wildman–Crippen MR) is 103 cm³/mol. The van der Waals surface area contributed by atoms with Crippen molar-refractivity contribution in [2.45, 2.75) is 20.8 Å². The first-order valence-electron chi connectivity index (χ1n) is 8.51. The Bertz CT molecular complexity index is 1030. The minimum atomic E-state index is -0.519. The number of anilines is 1. The lowest BCUT2D eigenvalue weighted by atomic mass is 10.1. The number of rotatable bonds is 4. The molecule has 0 aliphatic heterocycles. The summed E-state index contributed by atoms with van der Waals surface area (Å²) in [5.74, 6) is 1.51. The third kappa shape index (κ3) is 3.69. The van der Waals surface area contributed by atoms with Crippen LogP contribution in [0.1, 0.15) is 18.2 Å². The maximum atomic E-state index is 11.7. The summed E-state index contributed by atoms with van der Waals surface area (Å²) in [7, 11) is 0. The summed E-state index contributed by atoms with van der Waals surface area (Å²) in [6.07, 6.45) is 1.55. The molecule has 0 bridgehead atoms. The Balaban J connectivity index is 1.88. The molecule has 3 amide bonds. The van der Waals surface area contributed by atoms with E-state index in [0.29, 0.717) is 23.9 Å². The Morgan fingerprint density at radius 2 is 1.93 bits per heavy atom. The molecule has 3 aromatic rings. The summed E-state index contributed by atoms with van der Waals surface area (Å²) in [4.78, 5) is 27.4. The summed E-state index contributed by atoms with van der Waals surface area (Å²) >= 11 is 0. The molecule has 140 valence electrons. The molecule has 0 aliphatic rings. The van der Waals surface area contributed by atoms with Crippen LogP contribution in [0.4, 0.5) is 15.4 Å². The fraction of sp³-hybridized carbons (Fsp3) is 0.211. The highest BCUT2D eigenvalue weighted by atomic mass is 16.5. The zero-order chi connectivity index (χ0) is 19.6. The van der Waals surface area contributed by atoms with Gasteiger partial charge in [-0.15, -0.1) is 0 Å². The second kappa shape index (κ2) is 7.36. The zero-order valence-electron chi connectivity index (χ0n) is 15.4. The van der Waals surface area contributed by atoms with Crippen LogP contribution in [0.5, 0.6) is 11.5 Å². The van der Waals surface area contributed by atoms with Gasteiger partial charge < -0.3 is 15.8 Å². The molecule has 8 nitrogen and oxygen atoms in total. The topological polar surface area (TPSA) is 111 Å². The number of carbonyl (C=O) groups is 2. The number of amides is 3. The van der Waals surface area contributed by atoms with Crippen LogP contribution in [-0.4, -0.2) is 28.2 Å². The van der Waals surface area contributed by atoms with E-state index in [9.17, 15) is 9.59 Å². The molecule has 0 atom stereocenters. The summed E-state index contributed by atoms with van der Waals surface area (Å²) in [6.45, 7) is 6.13. The molecule has 27 heavy (non-hydrogen) atoms. The molecule has 3 rings (SSSR count). The van der Waals surface area contributed by atoms with Crippen molar-refractivity contribution >= 4 is 28.8 Å². The molecule has 0 saturated carbocycles. The first-order chi connectivity index (χ1) is 12.9. The number of fused-ring (bicyclic) bond motifs is 1. The number of primary amides is 1. The molecule has 8 heteroatoms. The van der Waals surface area contributed by atoms with E-state index in [1.54, 1.807) is 30.5 Å². The van der Waals surface area contributed by atoms with E-state index in [1.165, 1.54) is 4.57 Å². The lowest BCUT2D eigenvalue weighted by molar-refractivity contribution is 0.250. The van der Waals surface area contributed by atoms with Crippen LogP contribution in [0.15, 0.2) is 36.5 Å². The number of carbonyl (C=O) groups excluding carboxylic acids is 2. The number of nitrogens with zero attached hydrogens (tertiary/aromatic N) is 2. The van der Waals surface area contributed by atoms with Crippen LogP contribution in [0, 0.1) is 13.8 Å². The Morgan fingerprint density at radius 3 is 2.63 bits per heavy atom. The molecule has 0 aliphatic carbocycles. The lowest BCUT2D eigenvalue weighted by Gasteiger charge is -2.09. The van der Waals surface area contributed by atoms with Gasteiger partial charge >= 0.3 is 12.1 Å². The fourth-order valence-corrected chi connectivity index (χ4v) is 2.90. The van der Waals surface area contributed by atoms with Crippen LogP contribution in [0.3, 0.4) is 0 Å². The number of aryl methyl sites for hydroxylation is 1. The van der Waals surface area contributed by atoms with E-state index in [0.717, 1.165) is 22.2 Å². The molecule has 0 unspecified atom stereocenters. The van der Waals surface area contributed by atoms with Gasteiger partial charge in [-0.2, -0.15) is 0 Å². The van der Waals surface area contributed by atoms with E-state index in [-0.39, 0.29) is 6.03 Å². The monoisotopic (exact) mass is 367 g/mol. The highest BCUT2D eigenvalue weighted by Crippen LogP contribution is 2.31. The third-order valence-electron chi connectivity index (χ3n) is 4.26. The average Bonchev–Trinajstić information content (AvgIpc) is 2.86. The van der Waals surface area contributed by atoms with Gasteiger partial charge in [-0.05, 0) is 50.6 Å². The van der Waals surface area contributed by atoms with E-state index in [4.69, 9.17) is 10.5 Å². The molecule has 2 aromatic heterocycles. The summed E-state index contributed by atoms with van der Waals surface area (Å²) in [6, 6.07) is 7.89. The Kier molecular flexibility index (Phi) is 4.98. The predicted octanol–water partition coefficient (Wildman–Crippen LogP) is 3.51. The number of hydrogen-bond donors (Lipinski definition) is 3. The van der Waals surface area contributed by atoms with Gasteiger partial charge in [-0.25, -0.2) is 14.6 Å². The highest BCUT2D eigenvalue weighted by molar-refractivity contribution is 5.95. The number of benzene rings is 1. The number of pyridine rings is 1. The highest BCUT2D eigenvalue weighted by Gasteiger charge is 2.15. The molecule has 0 radical (unpaired) electrons. The molecule has 0 fully saturated rings. The number of hydrogen-bond acceptors (Lipinski definition) is 4. The number of urea groups is 1. The van der Waals surface area contributed by atoms with E-state index in [2.05, 4.69) is 15.6 Å². The Hall–Kier alpha value is -3.55. The maximum absolute atomic E-state index is 11.7. The van der Waals surface area contributed by atoms with Crippen molar-refractivity contribution in [3.63, 3.8) is 0 Å². The number of aromatic nitrogens is 2. The van der Waals surface area contributed by atoms with Gasteiger partial charge in [0.2, 0.25) is 0 Å². The van der Waals surface area contributed by atoms with Gasteiger partial charge in [0.05, 0.1) is 5.52 Å². The molecular weight excluding hydrogens is 346 g/mol. The SMILES string of the molecule is CCNC(=O)Nc1cc(Oc2ccc3c(c2)c(C)c(C)n3C(N)=O)ccn1. The normalized spacial score (nSPS) is 10.6. The third-order valence-corrected chi connectivity index (χ3v) is 4.26. The van der Waals surface area contributed by atoms with Crippen molar-refractivity contribution in [3.05, 3.63) is 47.8 Å². The second-order valence-electron chi connectivity index (χ2n) is 6.03. The summed E-state index contributed by atoms with van der Waals surface area (Å²) in [5.41, 5.74) is 7.97. The largest absolute Gasteiger partial charge is 0.457 e. The quantitative estimate of drug-likeness (QED) is 0.655. The first kappa shape index (κ1) is 18.2. The van der Waals surface area contributed by atoms with Crippen molar-refractivity contribution in [1.29, 1.82) is 0 Å². The molecule has 2 heterocycles. The number of ether oxygens (including phenoxy) is 1. The van der Waals surface area contributed by atoms with Gasteiger partial charge in [0, 0.05) is 29.9 Å². The Labute approximate surface area is 156 Å². The van der Waals surface area contributed by atoms with Crippen molar-refractivity contribution in [3.8, 4) is 11.5 Å². The van der Waals surface area contributed by atoms with Crippen molar-refractivity contribution in [1.82, 2.24) is 14.9 Å². The second-order valence-corrected chi connectivity index (χ2v) is 6.03. The van der Waals surface area contributed by atoms with Gasteiger partial charge in [-0.3, -0.25) is 9.88 Å². The van der Waals surface area contributed by atoms with Crippen LogP contribution in [-0.2, 0) is 0 Å². The van der Waals surface area contributed by atoms with E-state index in [1.807, 2.05) is 26.8 Å². The minimum Gasteiger partial charge on any atom is -0.457 e. The summed E-state index contributed by atoms with van der Waals surface area (Å²) in [5, 5.41) is 6.16. The van der Waals surface area contributed by atoms with Gasteiger partial charge in [-0.1, -0.05) is 0 Å². The standard InChI is InChI=1S/C19H21N5O3/c1-4-21-19(26)23-17-10-14(7-8-22-17)27-13-5-6-16-15(9-13)11(2)12(3)24(16)18(20)25/h5-10H,4H2,1-3H3,(H2,20,25)(H2,21,22,23,26). The van der Waals surface area contributed by atoms with Crippen LogP contribution >= 0.6 is 0 Å². The van der Waals surface area contributed by atoms with Crippen LogP contribution in [0.2, 0.25) is 0 Å². The van der Waals surface area contributed by atoms with Crippen molar-refractivity contribution < 1.29 is 14.3 Å². The van der Waals surface area contributed by atoms with Crippen molar-refractivity contribution in [2.75, 3.05) is 11.9 Å². The molecular formula is C19H21N5O3. The fourth-order valence-electron chi connectivity index (χ4n) is 2.90. The Morgan fingerprint density at radius 1 is 1.19 bits per heavy atom. The molecule has 0 saturated heterocycles. The van der Waals surface area contributed by atoms with E-state index >= 15 is 0 Å². The lowest BCUT2D eigenvalue weighted by Crippen LogP contribution is -2.28. The number of nitrogens with one attached hydrogen (secondary N) is 2. The van der Waals surface area contributed by atoms with E-state index < -0.39 is 6.03 Å². The zero-order valence-corrected chi connectivity index (χ0v) is 15.4. The minimum absolute atomic E-state index is 0.331. The molecule has 1 aromatic carbocycles. The van der Waals surface area contributed by atoms with Crippen molar-refractivity contribution in [2.24, 2.45) is 5.73 Å². The number of nitrogens with two attached hydrogens (primary N) is 1. The van der Waals surface area contributed by atoms with Gasteiger partial charge in [0.1, 0.15) is 17.3 Å². The van der Waals surface area contributed by atoms with Gasteiger partial charge in [0.25, 0.3) is 0 Å². The maximum Gasteiger partial charge on any atom is 0.323 e.